The van der Waals surface area contributed by atoms with E-state index in [9.17, 15) is 0 Å². The summed E-state index contributed by atoms with van der Waals surface area (Å²) < 4.78 is 5.87. The molecule has 0 aromatic heterocycles. The molecule has 0 radical (unpaired) electrons. The van der Waals surface area contributed by atoms with Crippen molar-refractivity contribution in [3.63, 3.8) is 0 Å². The van der Waals surface area contributed by atoms with Gasteiger partial charge >= 0.3 is 0 Å². The third-order valence-electron chi connectivity index (χ3n) is 2.85. The van der Waals surface area contributed by atoms with E-state index in [2.05, 4.69) is 51.2 Å². The van der Waals surface area contributed by atoms with Gasteiger partial charge in [-0.05, 0) is 43.0 Å². The van der Waals surface area contributed by atoms with E-state index in [0.717, 1.165) is 31.9 Å². The van der Waals surface area contributed by atoms with Crippen LogP contribution in [0.15, 0.2) is 24.3 Å². The van der Waals surface area contributed by atoms with E-state index >= 15 is 0 Å². The number of nitrogens with one attached hydrogen (secondary N) is 1. The average Bonchev–Trinajstić information content (AvgIpc) is 2.33. The van der Waals surface area contributed by atoms with Crippen LogP contribution in [0.1, 0.15) is 45.6 Å². The summed E-state index contributed by atoms with van der Waals surface area (Å²) in [6.07, 6.45) is 1.05. The molecule has 0 fully saturated rings. The van der Waals surface area contributed by atoms with Gasteiger partial charge in [0.15, 0.2) is 0 Å². The lowest BCUT2D eigenvalue weighted by Gasteiger charge is -2.14. The van der Waals surface area contributed by atoms with Crippen molar-refractivity contribution in [3.05, 3.63) is 29.8 Å². The minimum absolute atomic E-state index is 0.514. The van der Waals surface area contributed by atoms with E-state index < -0.39 is 0 Å². The molecule has 2 nitrogen and oxygen atoms in total. The SMILES string of the molecule is CC(C)CNCCCOc1ccccc1C(C)C. The molecule has 1 N–H and O–H groups in total. The molecule has 0 spiro atoms. The number of hydrogen-bond acceptors (Lipinski definition) is 2. The van der Waals surface area contributed by atoms with Gasteiger partial charge in [-0.15, -0.1) is 0 Å². The van der Waals surface area contributed by atoms with Gasteiger partial charge in [-0.25, -0.2) is 0 Å². The van der Waals surface area contributed by atoms with E-state index in [-0.39, 0.29) is 0 Å². The first-order chi connectivity index (χ1) is 8.61. The number of rotatable bonds is 8. The summed E-state index contributed by atoms with van der Waals surface area (Å²) in [5.74, 6) is 2.27. The second kappa shape index (κ2) is 8.15. The molecule has 0 saturated carbocycles. The van der Waals surface area contributed by atoms with Crippen molar-refractivity contribution in [1.29, 1.82) is 0 Å². The molecule has 0 saturated heterocycles. The highest BCUT2D eigenvalue weighted by Crippen LogP contribution is 2.25. The molecule has 0 atom stereocenters. The highest BCUT2D eigenvalue weighted by Gasteiger charge is 2.06. The van der Waals surface area contributed by atoms with Crippen molar-refractivity contribution < 1.29 is 4.74 Å². The second-order valence-corrected chi connectivity index (χ2v) is 5.49. The van der Waals surface area contributed by atoms with Crippen LogP contribution >= 0.6 is 0 Å². The zero-order valence-electron chi connectivity index (χ0n) is 12.2. The van der Waals surface area contributed by atoms with Crippen LogP contribution in [0, 0.1) is 5.92 Å². The molecule has 0 unspecified atom stereocenters. The fourth-order valence-corrected chi connectivity index (χ4v) is 1.86. The predicted molar refractivity (Wildman–Crippen MR) is 78.4 cm³/mol. The first-order valence-corrected chi connectivity index (χ1v) is 7.03. The maximum Gasteiger partial charge on any atom is 0.122 e. The molecule has 0 heterocycles. The van der Waals surface area contributed by atoms with Crippen LogP contribution in [-0.2, 0) is 0 Å². The minimum atomic E-state index is 0.514. The zero-order chi connectivity index (χ0) is 13.4. The highest BCUT2D eigenvalue weighted by molar-refractivity contribution is 5.35. The number of para-hydroxylation sites is 1. The first-order valence-electron chi connectivity index (χ1n) is 7.03. The summed E-state index contributed by atoms with van der Waals surface area (Å²) in [5.41, 5.74) is 1.30. The fourth-order valence-electron chi connectivity index (χ4n) is 1.86. The summed E-state index contributed by atoms with van der Waals surface area (Å²) in [4.78, 5) is 0. The van der Waals surface area contributed by atoms with Gasteiger partial charge in [0.05, 0.1) is 6.61 Å². The molecule has 102 valence electrons. The van der Waals surface area contributed by atoms with Crippen LogP contribution in [0.3, 0.4) is 0 Å². The summed E-state index contributed by atoms with van der Waals surface area (Å²) in [6.45, 7) is 11.8. The van der Waals surface area contributed by atoms with Gasteiger partial charge in [-0.3, -0.25) is 0 Å². The lowest BCUT2D eigenvalue weighted by molar-refractivity contribution is 0.303. The Hall–Kier alpha value is -1.02. The Bertz CT molecular complexity index is 334. The Morgan fingerprint density at radius 1 is 1.11 bits per heavy atom. The maximum absolute atomic E-state index is 5.87. The number of benzene rings is 1. The van der Waals surface area contributed by atoms with Crippen LogP contribution < -0.4 is 10.1 Å². The van der Waals surface area contributed by atoms with Gasteiger partial charge in [0, 0.05) is 0 Å². The molecule has 0 aliphatic carbocycles. The van der Waals surface area contributed by atoms with Crippen LogP contribution in [0.5, 0.6) is 5.75 Å². The molecule has 18 heavy (non-hydrogen) atoms. The standard InChI is InChI=1S/C16H27NO/c1-13(2)12-17-10-7-11-18-16-9-6-5-8-15(16)14(3)4/h5-6,8-9,13-14,17H,7,10-12H2,1-4H3. The normalized spacial score (nSPS) is 11.2. The van der Waals surface area contributed by atoms with Crippen LogP contribution in [0.2, 0.25) is 0 Å². The largest absolute Gasteiger partial charge is 0.493 e. The minimum Gasteiger partial charge on any atom is -0.493 e. The topological polar surface area (TPSA) is 21.3 Å². The Morgan fingerprint density at radius 2 is 1.83 bits per heavy atom. The van der Waals surface area contributed by atoms with E-state index in [0.29, 0.717) is 11.8 Å². The molecule has 0 aliphatic rings. The molecule has 0 aliphatic heterocycles. The third kappa shape index (κ3) is 5.54. The van der Waals surface area contributed by atoms with E-state index in [1.54, 1.807) is 0 Å². The first kappa shape index (κ1) is 15.0. The zero-order valence-corrected chi connectivity index (χ0v) is 12.2. The molecule has 1 aromatic carbocycles. The summed E-state index contributed by atoms with van der Waals surface area (Å²) in [5, 5.41) is 3.43. The number of ether oxygens (including phenoxy) is 1. The Balaban J connectivity index is 2.27. The Kier molecular flexibility index (Phi) is 6.81. The van der Waals surface area contributed by atoms with Crippen molar-refractivity contribution in [2.24, 2.45) is 5.92 Å². The summed E-state index contributed by atoms with van der Waals surface area (Å²) in [7, 11) is 0. The van der Waals surface area contributed by atoms with Gasteiger partial charge in [0.2, 0.25) is 0 Å². The highest BCUT2D eigenvalue weighted by atomic mass is 16.5. The monoisotopic (exact) mass is 249 g/mol. The van der Waals surface area contributed by atoms with E-state index in [4.69, 9.17) is 4.74 Å². The summed E-state index contributed by atoms with van der Waals surface area (Å²) in [6, 6.07) is 8.33. The maximum atomic E-state index is 5.87. The lowest BCUT2D eigenvalue weighted by Crippen LogP contribution is -2.22. The van der Waals surface area contributed by atoms with Crippen molar-refractivity contribution in [2.75, 3.05) is 19.7 Å². The van der Waals surface area contributed by atoms with Crippen LogP contribution in [-0.4, -0.2) is 19.7 Å². The van der Waals surface area contributed by atoms with Crippen molar-refractivity contribution >= 4 is 0 Å². The van der Waals surface area contributed by atoms with Gasteiger partial charge in [-0.2, -0.15) is 0 Å². The predicted octanol–water partition coefficient (Wildman–Crippen LogP) is 3.82. The van der Waals surface area contributed by atoms with E-state index in [1.807, 2.05) is 6.07 Å². The lowest BCUT2D eigenvalue weighted by atomic mass is 10.0. The fraction of sp³-hybridized carbons (Fsp3) is 0.625. The number of hydrogen-bond donors (Lipinski definition) is 1. The summed E-state index contributed by atoms with van der Waals surface area (Å²) >= 11 is 0. The third-order valence-corrected chi connectivity index (χ3v) is 2.85. The molecule has 1 rings (SSSR count). The molecule has 2 heteroatoms. The smallest absolute Gasteiger partial charge is 0.122 e. The van der Waals surface area contributed by atoms with Crippen molar-refractivity contribution in [1.82, 2.24) is 5.32 Å². The Labute approximate surface area is 112 Å². The average molecular weight is 249 g/mol. The van der Waals surface area contributed by atoms with Crippen molar-refractivity contribution in [3.8, 4) is 5.75 Å². The molecule has 0 bridgehead atoms. The van der Waals surface area contributed by atoms with Crippen LogP contribution in [0.4, 0.5) is 0 Å². The Morgan fingerprint density at radius 3 is 2.50 bits per heavy atom. The van der Waals surface area contributed by atoms with Crippen molar-refractivity contribution in [2.45, 2.75) is 40.0 Å². The van der Waals surface area contributed by atoms with E-state index in [1.165, 1.54) is 5.56 Å². The van der Waals surface area contributed by atoms with Gasteiger partial charge in [0.1, 0.15) is 5.75 Å². The van der Waals surface area contributed by atoms with Crippen LogP contribution in [0.25, 0.3) is 0 Å². The van der Waals surface area contributed by atoms with Gasteiger partial charge in [0.25, 0.3) is 0 Å². The van der Waals surface area contributed by atoms with Gasteiger partial charge in [-0.1, -0.05) is 45.9 Å². The second-order valence-electron chi connectivity index (χ2n) is 5.49. The molecule has 0 amide bonds. The van der Waals surface area contributed by atoms with Gasteiger partial charge < -0.3 is 10.1 Å². The quantitative estimate of drug-likeness (QED) is 0.707. The molecule has 1 aromatic rings. The molecular weight excluding hydrogens is 222 g/mol. The molecular formula is C16H27NO.